The van der Waals surface area contributed by atoms with E-state index in [0.29, 0.717) is 17.9 Å². The normalized spacial score (nSPS) is 19.0. The second-order valence-electron chi connectivity index (χ2n) is 8.17. The lowest BCUT2D eigenvalue weighted by atomic mass is 9.63. The molecule has 1 saturated heterocycles. The highest BCUT2D eigenvalue weighted by Gasteiger charge is 2.56. The van der Waals surface area contributed by atoms with Gasteiger partial charge >= 0.3 is 5.97 Å². The maximum Gasteiger partial charge on any atom is 0.305 e. The van der Waals surface area contributed by atoms with E-state index in [0.717, 1.165) is 16.9 Å². The minimum Gasteiger partial charge on any atom is -0.497 e. The Hall–Kier alpha value is -3.87. The van der Waals surface area contributed by atoms with Crippen LogP contribution < -0.4 is 14.8 Å². The summed E-state index contributed by atoms with van der Waals surface area (Å²) in [7, 11) is 2.94. The SMILES string of the molecule is COC(=O)CC[C@]1(c2ccc(F)cc2)C(=O)N[C@H]1c1ccc(OCc2ccc(OC)cc2)cc1. The van der Waals surface area contributed by atoms with Crippen molar-refractivity contribution >= 4 is 11.9 Å². The van der Waals surface area contributed by atoms with Gasteiger partial charge in [-0.15, -0.1) is 0 Å². The quantitative estimate of drug-likeness (QED) is 0.374. The summed E-state index contributed by atoms with van der Waals surface area (Å²) < 4.78 is 29.4. The van der Waals surface area contributed by atoms with Crippen LogP contribution in [0.15, 0.2) is 72.8 Å². The molecule has 1 heterocycles. The van der Waals surface area contributed by atoms with E-state index in [2.05, 4.69) is 5.32 Å². The third-order valence-electron chi connectivity index (χ3n) is 6.26. The fourth-order valence-corrected chi connectivity index (χ4v) is 4.30. The summed E-state index contributed by atoms with van der Waals surface area (Å²) in [5.74, 6) is 0.483. The molecule has 34 heavy (non-hydrogen) atoms. The Labute approximate surface area is 197 Å². The lowest BCUT2D eigenvalue weighted by Crippen LogP contribution is -2.64. The predicted octanol–water partition coefficient (Wildman–Crippen LogP) is 4.48. The molecule has 3 aromatic carbocycles. The van der Waals surface area contributed by atoms with E-state index in [4.69, 9.17) is 14.2 Å². The van der Waals surface area contributed by atoms with Crippen LogP contribution in [0, 0.1) is 5.82 Å². The third kappa shape index (κ3) is 4.59. The van der Waals surface area contributed by atoms with Crippen molar-refractivity contribution in [3.8, 4) is 11.5 Å². The minimum absolute atomic E-state index is 0.0703. The van der Waals surface area contributed by atoms with Crippen molar-refractivity contribution in [1.29, 1.82) is 0 Å². The Morgan fingerprint density at radius 1 is 0.941 bits per heavy atom. The van der Waals surface area contributed by atoms with Gasteiger partial charge in [0, 0.05) is 6.42 Å². The van der Waals surface area contributed by atoms with Gasteiger partial charge in [0.2, 0.25) is 5.91 Å². The second-order valence-corrected chi connectivity index (χ2v) is 8.17. The average molecular weight is 464 g/mol. The summed E-state index contributed by atoms with van der Waals surface area (Å²) in [5.41, 5.74) is 1.54. The summed E-state index contributed by atoms with van der Waals surface area (Å²) >= 11 is 0. The molecule has 3 aromatic rings. The van der Waals surface area contributed by atoms with Gasteiger partial charge in [-0.1, -0.05) is 36.4 Å². The Bertz CT molecular complexity index is 1150. The number of rotatable bonds is 9. The summed E-state index contributed by atoms with van der Waals surface area (Å²) in [4.78, 5) is 24.8. The van der Waals surface area contributed by atoms with Gasteiger partial charge in [0.05, 0.1) is 25.7 Å². The number of benzene rings is 3. The molecule has 1 amide bonds. The highest BCUT2D eigenvalue weighted by atomic mass is 19.1. The van der Waals surface area contributed by atoms with Crippen LogP contribution in [0.2, 0.25) is 0 Å². The zero-order valence-electron chi connectivity index (χ0n) is 19.0. The highest BCUT2D eigenvalue weighted by molar-refractivity contribution is 5.96. The molecule has 2 atom stereocenters. The molecule has 1 aliphatic rings. The van der Waals surface area contributed by atoms with Gasteiger partial charge in [-0.2, -0.15) is 0 Å². The van der Waals surface area contributed by atoms with E-state index in [-0.39, 0.29) is 30.6 Å². The fraction of sp³-hybridized carbons (Fsp3) is 0.259. The maximum absolute atomic E-state index is 13.6. The number of nitrogens with one attached hydrogen (secondary N) is 1. The number of hydrogen-bond donors (Lipinski definition) is 1. The first-order chi connectivity index (χ1) is 16.5. The van der Waals surface area contributed by atoms with Gasteiger partial charge in [0.1, 0.15) is 23.9 Å². The highest BCUT2D eigenvalue weighted by Crippen LogP contribution is 2.48. The lowest BCUT2D eigenvalue weighted by Gasteiger charge is -2.49. The number of amides is 1. The molecule has 0 bridgehead atoms. The van der Waals surface area contributed by atoms with Gasteiger partial charge in [-0.3, -0.25) is 9.59 Å². The molecule has 1 aliphatic heterocycles. The zero-order chi connectivity index (χ0) is 24.1. The van der Waals surface area contributed by atoms with Crippen molar-refractivity contribution in [3.63, 3.8) is 0 Å². The van der Waals surface area contributed by atoms with Gasteiger partial charge in [0.15, 0.2) is 0 Å². The van der Waals surface area contributed by atoms with Crippen molar-refractivity contribution in [2.45, 2.75) is 30.9 Å². The molecular weight excluding hydrogens is 437 g/mol. The largest absolute Gasteiger partial charge is 0.497 e. The average Bonchev–Trinajstić information content (AvgIpc) is 2.87. The summed E-state index contributed by atoms with van der Waals surface area (Å²) in [6, 6.07) is 20.6. The number of carbonyl (C=O) groups excluding carboxylic acids is 2. The first-order valence-electron chi connectivity index (χ1n) is 11.0. The predicted molar refractivity (Wildman–Crippen MR) is 124 cm³/mol. The minimum atomic E-state index is -0.993. The van der Waals surface area contributed by atoms with Crippen molar-refractivity contribution in [2.24, 2.45) is 0 Å². The zero-order valence-corrected chi connectivity index (χ0v) is 19.0. The standard InChI is InChI=1S/C27H26FNO5/c1-32-22-11-3-18(4-12-22)17-34-23-13-5-19(6-14-23)25-27(26(31)29-25,16-15-24(30)33-2)20-7-9-21(28)10-8-20/h3-14,25H,15-17H2,1-2H3,(H,29,31)/t25-,27+/m0/s1. The molecular formula is C27H26FNO5. The fourth-order valence-electron chi connectivity index (χ4n) is 4.30. The lowest BCUT2D eigenvalue weighted by molar-refractivity contribution is -0.144. The van der Waals surface area contributed by atoms with Crippen molar-refractivity contribution in [1.82, 2.24) is 5.32 Å². The Morgan fingerprint density at radius 2 is 1.59 bits per heavy atom. The third-order valence-corrected chi connectivity index (χ3v) is 6.26. The molecule has 6 nitrogen and oxygen atoms in total. The van der Waals surface area contributed by atoms with E-state index >= 15 is 0 Å². The van der Waals surface area contributed by atoms with Crippen molar-refractivity contribution < 1.29 is 28.2 Å². The van der Waals surface area contributed by atoms with E-state index < -0.39 is 11.4 Å². The second kappa shape index (κ2) is 9.95. The van der Waals surface area contributed by atoms with Crippen LogP contribution in [-0.4, -0.2) is 26.1 Å². The molecule has 0 aliphatic carbocycles. The summed E-state index contributed by atoms with van der Waals surface area (Å²) in [5, 5.41) is 2.96. The van der Waals surface area contributed by atoms with E-state index in [1.54, 1.807) is 19.2 Å². The summed E-state index contributed by atoms with van der Waals surface area (Å²) in [6.45, 7) is 0.405. The van der Waals surface area contributed by atoms with Gasteiger partial charge in [-0.25, -0.2) is 4.39 Å². The first kappa shape index (κ1) is 23.3. The molecule has 0 aromatic heterocycles. The van der Waals surface area contributed by atoms with Crippen LogP contribution in [0.5, 0.6) is 11.5 Å². The number of carbonyl (C=O) groups is 2. The molecule has 7 heteroatoms. The number of β-lactam (4-membered cyclic amide) rings is 1. The molecule has 0 saturated carbocycles. The van der Waals surface area contributed by atoms with Crippen LogP contribution in [0.4, 0.5) is 4.39 Å². The number of hydrogen-bond acceptors (Lipinski definition) is 5. The van der Waals surface area contributed by atoms with Crippen LogP contribution in [-0.2, 0) is 26.3 Å². The molecule has 0 radical (unpaired) electrons. The number of methoxy groups -OCH3 is 2. The Morgan fingerprint density at radius 3 is 2.18 bits per heavy atom. The molecule has 176 valence electrons. The van der Waals surface area contributed by atoms with Crippen molar-refractivity contribution in [3.05, 3.63) is 95.3 Å². The van der Waals surface area contributed by atoms with Crippen LogP contribution in [0.25, 0.3) is 0 Å². The van der Waals surface area contributed by atoms with Gasteiger partial charge in [0.25, 0.3) is 0 Å². The smallest absolute Gasteiger partial charge is 0.305 e. The molecule has 0 unspecified atom stereocenters. The van der Waals surface area contributed by atoms with Crippen LogP contribution >= 0.6 is 0 Å². The molecule has 1 N–H and O–H groups in total. The van der Waals surface area contributed by atoms with E-state index in [9.17, 15) is 14.0 Å². The molecule has 4 rings (SSSR count). The monoisotopic (exact) mass is 463 g/mol. The van der Waals surface area contributed by atoms with E-state index in [1.165, 1.54) is 19.2 Å². The van der Waals surface area contributed by atoms with Crippen LogP contribution in [0.1, 0.15) is 35.6 Å². The number of ether oxygens (including phenoxy) is 3. The number of esters is 1. The number of halogens is 1. The first-order valence-corrected chi connectivity index (χ1v) is 11.0. The van der Waals surface area contributed by atoms with Gasteiger partial charge < -0.3 is 19.5 Å². The van der Waals surface area contributed by atoms with Crippen molar-refractivity contribution in [2.75, 3.05) is 14.2 Å². The molecule has 1 fully saturated rings. The Balaban J connectivity index is 1.53. The van der Waals surface area contributed by atoms with Gasteiger partial charge in [-0.05, 0) is 59.5 Å². The van der Waals surface area contributed by atoms with E-state index in [1.807, 2.05) is 48.5 Å². The molecule has 0 spiro atoms. The topological polar surface area (TPSA) is 73.9 Å². The maximum atomic E-state index is 13.6. The Kier molecular flexibility index (Phi) is 6.82. The van der Waals surface area contributed by atoms with Crippen LogP contribution in [0.3, 0.4) is 0 Å². The summed E-state index contributed by atoms with van der Waals surface area (Å²) in [6.07, 6.45) is 0.318.